The summed E-state index contributed by atoms with van der Waals surface area (Å²) in [5.74, 6) is 1.20. The van der Waals surface area contributed by atoms with Gasteiger partial charge in [0.2, 0.25) is 0 Å². The van der Waals surface area contributed by atoms with Gasteiger partial charge in [0.25, 0.3) is 10.0 Å². The highest BCUT2D eigenvalue weighted by atomic mass is 32.2. The lowest BCUT2D eigenvalue weighted by Gasteiger charge is -2.10. The van der Waals surface area contributed by atoms with E-state index in [-0.39, 0.29) is 4.90 Å². The summed E-state index contributed by atoms with van der Waals surface area (Å²) in [6.45, 7) is 0.894. The van der Waals surface area contributed by atoms with Crippen molar-refractivity contribution in [1.29, 1.82) is 0 Å². The topological polar surface area (TPSA) is 76.9 Å². The van der Waals surface area contributed by atoms with Crippen LogP contribution in [0, 0.1) is 5.82 Å². The highest BCUT2D eigenvalue weighted by Gasteiger charge is 2.17. The number of sulfonamides is 1. The lowest BCUT2D eigenvalue weighted by atomic mass is 10.2. The second kappa shape index (κ2) is 7.11. The summed E-state index contributed by atoms with van der Waals surface area (Å²) in [5.41, 5.74) is 1.28. The summed E-state index contributed by atoms with van der Waals surface area (Å²) < 4.78 is 42.7. The molecule has 6 nitrogen and oxygen atoms in total. The van der Waals surface area contributed by atoms with Gasteiger partial charge < -0.3 is 4.57 Å². The van der Waals surface area contributed by atoms with Crippen molar-refractivity contribution in [3.05, 3.63) is 60.2 Å². The van der Waals surface area contributed by atoms with Crippen LogP contribution < -0.4 is 4.72 Å². The van der Waals surface area contributed by atoms with Gasteiger partial charge in [0.15, 0.2) is 5.82 Å². The fourth-order valence-electron chi connectivity index (χ4n) is 3.23. The van der Waals surface area contributed by atoms with Crippen LogP contribution in [0.5, 0.6) is 0 Å². The first-order valence-corrected chi connectivity index (χ1v) is 10.3. The molecule has 0 spiro atoms. The molecule has 0 radical (unpaired) electrons. The van der Waals surface area contributed by atoms with Gasteiger partial charge in [0.1, 0.15) is 11.6 Å². The molecule has 0 saturated heterocycles. The number of hydrogen-bond acceptors (Lipinski definition) is 4. The van der Waals surface area contributed by atoms with Gasteiger partial charge in [0.05, 0.1) is 4.90 Å². The van der Waals surface area contributed by atoms with Crippen LogP contribution in [-0.4, -0.2) is 23.2 Å². The van der Waals surface area contributed by atoms with Crippen molar-refractivity contribution < 1.29 is 12.8 Å². The van der Waals surface area contributed by atoms with Gasteiger partial charge in [-0.05, 0) is 55.3 Å². The number of nitrogens with zero attached hydrogens (tertiary/aromatic N) is 3. The normalized spacial score (nSPS) is 14.4. The first-order chi connectivity index (χ1) is 13.0. The van der Waals surface area contributed by atoms with Gasteiger partial charge >= 0.3 is 0 Å². The molecule has 0 bridgehead atoms. The number of hydrogen-bond donors (Lipinski definition) is 1. The number of anilines is 1. The Labute approximate surface area is 157 Å². The van der Waals surface area contributed by atoms with E-state index in [2.05, 4.69) is 19.5 Å². The van der Waals surface area contributed by atoms with Gasteiger partial charge in [0, 0.05) is 24.2 Å². The largest absolute Gasteiger partial charge is 0.311 e. The fraction of sp³-hybridized carbons (Fsp3) is 0.263. The van der Waals surface area contributed by atoms with E-state index in [4.69, 9.17) is 0 Å². The van der Waals surface area contributed by atoms with E-state index >= 15 is 0 Å². The molecule has 140 valence electrons. The summed E-state index contributed by atoms with van der Waals surface area (Å²) in [6, 6.07) is 11.9. The van der Waals surface area contributed by atoms with Gasteiger partial charge in [-0.15, -0.1) is 10.2 Å². The fourth-order valence-corrected chi connectivity index (χ4v) is 4.32. The smallest absolute Gasteiger partial charge is 0.261 e. The van der Waals surface area contributed by atoms with Crippen LogP contribution in [0.15, 0.2) is 53.4 Å². The minimum atomic E-state index is -3.84. The Morgan fingerprint density at radius 1 is 1.00 bits per heavy atom. The Hall–Kier alpha value is -2.74. The predicted octanol–water partition coefficient (Wildman–Crippen LogP) is 3.61. The van der Waals surface area contributed by atoms with Gasteiger partial charge in [-0.3, -0.25) is 4.72 Å². The van der Waals surface area contributed by atoms with Crippen LogP contribution in [0.3, 0.4) is 0 Å². The van der Waals surface area contributed by atoms with E-state index in [0.717, 1.165) is 49.1 Å². The first kappa shape index (κ1) is 17.7. The number of nitrogens with one attached hydrogen (secondary N) is 1. The van der Waals surface area contributed by atoms with Crippen molar-refractivity contribution in [2.75, 3.05) is 4.72 Å². The zero-order chi connectivity index (χ0) is 18.9. The van der Waals surface area contributed by atoms with Gasteiger partial charge in [-0.1, -0.05) is 12.5 Å². The predicted molar refractivity (Wildman–Crippen MR) is 100 cm³/mol. The molecule has 1 aliphatic rings. The maximum absolute atomic E-state index is 13.3. The van der Waals surface area contributed by atoms with E-state index in [9.17, 15) is 12.8 Å². The molecule has 8 heteroatoms. The number of fused-ring (bicyclic) bond motifs is 1. The molecule has 2 heterocycles. The van der Waals surface area contributed by atoms with Crippen molar-refractivity contribution in [3.63, 3.8) is 0 Å². The van der Waals surface area contributed by atoms with Crippen molar-refractivity contribution in [3.8, 4) is 11.4 Å². The maximum atomic E-state index is 13.3. The van der Waals surface area contributed by atoms with Gasteiger partial charge in [-0.25, -0.2) is 12.8 Å². The van der Waals surface area contributed by atoms with Crippen LogP contribution in [0.2, 0.25) is 0 Å². The third kappa shape index (κ3) is 3.71. The number of benzene rings is 2. The third-order valence-electron chi connectivity index (χ3n) is 4.61. The molecular formula is C19H19FN4O2S. The maximum Gasteiger partial charge on any atom is 0.261 e. The number of aryl methyl sites for hydroxylation is 1. The molecule has 27 heavy (non-hydrogen) atoms. The summed E-state index contributed by atoms with van der Waals surface area (Å²) in [5, 5.41) is 8.59. The molecular weight excluding hydrogens is 367 g/mol. The molecule has 2 aromatic carbocycles. The SMILES string of the molecule is O=S(=O)(Nc1ccc(-c2nnc3n2CCCCC3)cc1)c1cccc(F)c1. The highest BCUT2D eigenvalue weighted by Crippen LogP contribution is 2.25. The second-order valence-electron chi connectivity index (χ2n) is 6.54. The Balaban J connectivity index is 1.57. The summed E-state index contributed by atoms with van der Waals surface area (Å²) in [4.78, 5) is -0.116. The molecule has 1 aromatic heterocycles. The molecule has 1 aliphatic heterocycles. The monoisotopic (exact) mass is 386 g/mol. The Kier molecular flexibility index (Phi) is 4.65. The van der Waals surface area contributed by atoms with Crippen molar-refractivity contribution >= 4 is 15.7 Å². The number of halogens is 1. The van der Waals surface area contributed by atoms with E-state index in [1.54, 1.807) is 12.1 Å². The molecule has 0 aliphatic carbocycles. The Morgan fingerprint density at radius 2 is 1.81 bits per heavy atom. The average Bonchev–Trinajstić information content (AvgIpc) is 2.90. The minimum Gasteiger partial charge on any atom is -0.311 e. The highest BCUT2D eigenvalue weighted by molar-refractivity contribution is 7.92. The van der Waals surface area contributed by atoms with Crippen molar-refractivity contribution in [2.45, 2.75) is 37.1 Å². The average molecular weight is 386 g/mol. The van der Waals surface area contributed by atoms with E-state index in [0.29, 0.717) is 5.69 Å². The van der Waals surface area contributed by atoms with E-state index in [1.807, 2.05) is 12.1 Å². The van der Waals surface area contributed by atoms with Crippen LogP contribution in [0.1, 0.15) is 25.1 Å². The lowest BCUT2D eigenvalue weighted by molar-refractivity contribution is 0.595. The van der Waals surface area contributed by atoms with Crippen LogP contribution >= 0.6 is 0 Å². The number of aromatic nitrogens is 3. The van der Waals surface area contributed by atoms with Crippen LogP contribution in [0.4, 0.5) is 10.1 Å². The molecule has 0 fully saturated rings. The molecule has 3 aromatic rings. The summed E-state index contributed by atoms with van der Waals surface area (Å²) >= 11 is 0. The second-order valence-corrected chi connectivity index (χ2v) is 8.22. The van der Waals surface area contributed by atoms with Crippen molar-refractivity contribution in [2.24, 2.45) is 0 Å². The molecule has 4 rings (SSSR count). The first-order valence-electron chi connectivity index (χ1n) is 8.84. The Morgan fingerprint density at radius 3 is 2.59 bits per heavy atom. The third-order valence-corrected chi connectivity index (χ3v) is 5.99. The minimum absolute atomic E-state index is 0.116. The van der Waals surface area contributed by atoms with Crippen molar-refractivity contribution in [1.82, 2.24) is 14.8 Å². The summed E-state index contributed by atoms with van der Waals surface area (Å²) in [6.07, 6.45) is 4.34. The zero-order valence-electron chi connectivity index (χ0n) is 14.6. The van der Waals surface area contributed by atoms with E-state index < -0.39 is 15.8 Å². The molecule has 0 saturated carbocycles. The number of rotatable bonds is 4. The quantitative estimate of drug-likeness (QED) is 0.743. The lowest BCUT2D eigenvalue weighted by Crippen LogP contribution is -2.13. The molecule has 1 N–H and O–H groups in total. The summed E-state index contributed by atoms with van der Waals surface area (Å²) in [7, 11) is -3.84. The molecule has 0 atom stereocenters. The standard InChI is InChI=1S/C19H19FN4O2S/c20-15-5-4-6-17(13-15)27(25,26)23-16-10-8-14(9-11-16)19-22-21-18-7-2-1-3-12-24(18)19/h4-6,8-11,13,23H,1-3,7,12H2. The van der Waals surface area contributed by atoms with E-state index in [1.165, 1.54) is 24.6 Å². The Bertz CT molecular complexity index is 1060. The molecule has 0 amide bonds. The van der Waals surface area contributed by atoms with Gasteiger partial charge in [-0.2, -0.15) is 0 Å². The van der Waals surface area contributed by atoms with Crippen LogP contribution in [-0.2, 0) is 23.0 Å². The zero-order valence-corrected chi connectivity index (χ0v) is 15.4. The molecule has 0 unspecified atom stereocenters. The van der Waals surface area contributed by atoms with Crippen LogP contribution in [0.25, 0.3) is 11.4 Å².